The number of rotatable bonds is 8. The molecular weight excluding hydrogens is 380 g/mol. The summed E-state index contributed by atoms with van der Waals surface area (Å²) >= 11 is 0. The Bertz CT molecular complexity index is 739. The van der Waals surface area contributed by atoms with E-state index in [1.54, 1.807) is 0 Å². The highest BCUT2D eigenvalue weighted by molar-refractivity contribution is 5.75. The third-order valence-electron chi connectivity index (χ3n) is 5.12. The number of hydrogen-bond acceptors (Lipinski definition) is 5. The molecule has 0 saturated carbocycles. The van der Waals surface area contributed by atoms with Crippen LogP contribution in [0.3, 0.4) is 0 Å². The minimum atomic E-state index is -0.181. The van der Waals surface area contributed by atoms with Crippen molar-refractivity contribution in [2.24, 2.45) is 0 Å². The fraction of sp³-hybridized carbons (Fsp3) is 0.417. The molecule has 30 heavy (non-hydrogen) atoms. The number of ether oxygens (including phenoxy) is 1. The van der Waals surface area contributed by atoms with Crippen LogP contribution in [0.2, 0.25) is 0 Å². The Morgan fingerprint density at radius 2 is 1.77 bits per heavy atom. The predicted molar refractivity (Wildman–Crippen MR) is 117 cm³/mol. The van der Waals surface area contributed by atoms with Crippen LogP contribution in [-0.4, -0.2) is 54.7 Å². The maximum atomic E-state index is 11.9. The SMILES string of the molecule is CN1CCCCC1C(=O)OCc1ccccc1.O=CNC(CO)Cc1ccccc1. The summed E-state index contributed by atoms with van der Waals surface area (Å²) in [5.74, 6) is -0.0870. The lowest BCUT2D eigenvalue weighted by atomic mass is 10.0. The summed E-state index contributed by atoms with van der Waals surface area (Å²) in [6.07, 6.45) is 4.50. The molecule has 1 amide bonds. The standard InChI is InChI=1S/C14H19NO2.C10H13NO2/c1-15-10-6-5-9-13(15)14(16)17-11-12-7-3-2-4-8-12;12-7-10(11-8-13)6-9-4-2-1-3-5-9/h2-4,7-8,13H,5-6,9-11H2,1H3;1-5,8,10,12H,6-7H2,(H,11,13). The maximum Gasteiger partial charge on any atom is 0.323 e. The smallest absolute Gasteiger partial charge is 0.323 e. The van der Waals surface area contributed by atoms with Gasteiger partial charge in [-0.2, -0.15) is 0 Å². The number of aliphatic hydroxyl groups is 1. The Labute approximate surface area is 178 Å². The van der Waals surface area contributed by atoms with Gasteiger partial charge >= 0.3 is 5.97 Å². The van der Waals surface area contributed by atoms with Gasteiger partial charge in [0.25, 0.3) is 0 Å². The van der Waals surface area contributed by atoms with E-state index in [0.717, 1.165) is 30.5 Å². The number of esters is 1. The van der Waals surface area contributed by atoms with E-state index >= 15 is 0 Å². The first-order valence-electron chi connectivity index (χ1n) is 10.4. The van der Waals surface area contributed by atoms with Gasteiger partial charge in [-0.25, -0.2) is 0 Å². The zero-order valence-electron chi connectivity index (χ0n) is 17.6. The first-order valence-corrected chi connectivity index (χ1v) is 10.4. The molecule has 1 fully saturated rings. The summed E-state index contributed by atoms with van der Waals surface area (Å²) in [5.41, 5.74) is 2.15. The van der Waals surface area contributed by atoms with Crippen LogP contribution in [0.5, 0.6) is 0 Å². The molecule has 0 bridgehead atoms. The molecule has 0 spiro atoms. The Balaban J connectivity index is 0.000000222. The number of amides is 1. The van der Waals surface area contributed by atoms with Gasteiger partial charge in [-0.3, -0.25) is 14.5 Å². The molecule has 0 aliphatic carbocycles. The molecule has 2 unspecified atom stereocenters. The van der Waals surface area contributed by atoms with Gasteiger partial charge < -0.3 is 15.2 Å². The van der Waals surface area contributed by atoms with Crippen molar-refractivity contribution in [1.29, 1.82) is 0 Å². The number of aliphatic hydroxyl groups excluding tert-OH is 1. The van der Waals surface area contributed by atoms with Crippen molar-refractivity contribution in [2.45, 2.75) is 44.4 Å². The van der Waals surface area contributed by atoms with Crippen LogP contribution in [0.1, 0.15) is 30.4 Å². The van der Waals surface area contributed by atoms with Crippen LogP contribution >= 0.6 is 0 Å². The molecule has 6 heteroatoms. The molecule has 1 heterocycles. The lowest BCUT2D eigenvalue weighted by molar-refractivity contribution is -0.152. The van der Waals surface area contributed by atoms with E-state index in [1.807, 2.05) is 67.7 Å². The summed E-state index contributed by atoms with van der Waals surface area (Å²) in [6.45, 7) is 1.34. The van der Waals surface area contributed by atoms with E-state index in [2.05, 4.69) is 10.2 Å². The Hall–Kier alpha value is -2.70. The number of nitrogens with one attached hydrogen (secondary N) is 1. The largest absolute Gasteiger partial charge is 0.460 e. The lowest BCUT2D eigenvalue weighted by Gasteiger charge is -2.30. The minimum Gasteiger partial charge on any atom is -0.460 e. The summed E-state index contributed by atoms with van der Waals surface area (Å²) in [7, 11) is 1.99. The van der Waals surface area contributed by atoms with Crippen molar-refractivity contribution in [2.75, 3.05) is 20.2 Å². The Morgan fingerprint density at radius 3 is 2.33 bits per heavy atom. The number of nitrogens with zero attached hydrogens (tertiary/aromatic N) is 1. The quantitative estimate of drug-likeness (QED) is 0.515. The fourth-order valence-corrected chi connectivity index (χ4v) is 3.37. The molecule has 1 aliphatic rings. The summed E-state index contributed by atoms with van der Waals surface area (Å²) in [6, 6.07) is 19.3. The van der Waals surface area contributed by atoms with Crippen LogP contribution < -0.4 is 5.32 Å². The Morgan fingerprint density at radius 1 is 1.13 bits per heavy atom. The molecular formula is C24H32N2O4. The van der Waals surface area contributed by atoms with Crippen molar-refractivity contribution < 1.29 is 19.4 Å². The van der Waals surface area contributed by atoms with Crippen molar-refractivity contribution in [3.63, 3.8) is 0 Å². The molecule has 3 rings (SSSR count). The number of hydrogen-bond donors (Lipinski definition) is 2. The molecule has 0 radical (unpaired) electrons. The third kappa shape index (κ3) is 8.35. The second kappa shape index (κ2) is 13.5. The van der Waals surface area contributed by atoms with Crippen LogP contribution in [0.25, 0.3) is 0 Å². The monoisotopic (exact) mass is 412 g/mol. The van der Waals surface area contributed by atoms with E-state index < -0.39 is 0 Å². The van der Waals surface area contributed by atoms with Gasteiger partial charge in [0, 0.05) is 0 Å². The molecule has 2 aromatic carbocycles. The molecule has 162 valence electrons. The fourth-order valence-electron chi connectivity index (χ4n) is 3.37. The average molecular weight is 413 g/mol. The molecule has 2 aromatic rings. The number of piperidine rings is 1. The molecule has 2 atom stereocenters. The van der Waals surface area contributed by atoms with Gasteiger partial charge in [-0.15, -0.1) is 0 Å². The van der Waals surface area contributed by atoms with E-state index in [0.29, 0.717) is 19.4 Å². The predicted octanol–water partition coefficient (Wildman–Crippen LogP) is 2.55. The van der Waals surface area contributed by atoms with E-state index in [-0.39, 0.29) is 24.7 Å². The molecule has 2 N–H and O–H groups in total. The maximum absolute atomic E-state index is 11.9. The van der Waals surface area contributed by atoms with E-state index in [9.17, 15) is 9.59 Å². The second-order valence-electron chi connectivity index (χ2n) is 7.44. The normalized spacial score (nSPS) is 17.2. The van der Waals surface area contributed by atoms with Crippen LogP contribution in [-0.2, 0) is 27.4 Å². The van der Waals surface area contributed by atoms with Gasteiger partial charge in [0.05, 0.1) is 12.6 Å². The van der Waals surface area contributed by atoms with Gasteiger partial charge in [-0.1, -0.05) is 67.1 Å². The van der Waals surface area contributed by atoms with E-state index in [4.69, 9.17) is 9.84 Å². The van der Waals surface area contributed by atoms with Crippen molar-refractivity contribution in [3.05, 3.63) is 71.8 Å². The first-order chi connectivity index (χ1) is 14.6. The summed E-state index contributed by atoms with van der Waals surface area (Å²) in [4.78, 5) is 24.2. The van der Waals surface area contributed by atoms with E-state index in [1.165, 1.54) is 6.42 Å². The van der Waals surface area contributed by atoms with Crippen molar-refractivity contribution in [1.82, 2.24) is 10.2 Å². The highest BCUT2D eigenvalue weighted by Gasteiger charge is 2.26. The van der Waals surface area contributed by atoms with Gasteiger partial charge in [0.1, 0.15) is 12.6 Å². The minimum absolute atomic E-state index is 0.0341. The lowest BCUT2D eigenvalue weighted by Crippen LogP contribution is -2.42. The summed E-state index contributed by atoms with van der Waals surface area (Å²) in [5, 5.41) is 11.4. The highest BCUT2D eigenvalue weighted by atomic mass is 16.5. The Kier molecular flexibility index (Phi) is 10.6. The zero-order valence-corrected chi connectivity index (χ0v) is 17.6. The molecule has 1 saturated heterocycles. The molecule has 6 nitrogen and oxygen atoms in total. The second-order valence-corrected chi connectivity index (χ2v) is 7.44. The van der Waals surface area contributed by atoms with Crippen molar-refractivity contribution in [3.8, 4) is 0 Å². The van der Waals surface area contributed by atoms with Gasteiger partial charge in [-0.05, 0) is 44.0 Å². The number of carbonyl (C=O) groups excluding carboxylic acids is 2. The topological polar surface area (TPSA) is 78.9 Å². The van der Waals surface area contributed by atoms with Crippen molar-refractivity contribution >= 4 is 12.4 Å². The number of benzene rings is 2. The number of likely N-dealkylation sites (N-methyl/N-ethyl adjacent to an activating group) is 1. The number of carbonyl (C=O) groups is 2. The zero-order chi connectivity index (χ0) is 21.6. The number of likely N-dealkylation sites (tertiary alicyclic amines) is 1. The molecule has 1 aliphatic heterocycles. The van der Waals surface area contributed by atoms with Gasteiger partial charge in [0.15, 0.2) is 0 Å². The molecule has 0 aromatic heterocycles. The third-order valence-corrected chi connectivity index (χ3v) is 5.12. The summed E-state index contributed by atoms with van der Waals surface area (Å²) < 4.78 is 5.36. The highest BCUT2D eigenvalue weighted by Crippen LogP contribution is 2.16. The van der Waals surface area contributed by atoms with Gasteiger partial charge in [0.2, 0.25) is 6.41 Å². The van der Waals surface area contributed by atoms with Crippen LogP contribution in [0, 0.1) is 0 Å². The van der Waals surface area contributed by atoms with Crippen LogP contribution in [0.15, 0.2) is 60.7 Å². The first kappa shape index (κ1) is 23.6. The average Bonchev–Trinajstić information content (AvgIpc) is 2.79. The van der Waals surface area contributed by atoms with Crippen LogP contribution in [0.4, 0.5) is 0 Å².